The van der Waals surface area contributed by atoms with Gasteiger partial charge in [-0.1, -0.05) is 35.7 Å². The van der Waals surface area contributed by atoms with Crippen molar-refractivity contribution in [3.8, 4) is 5.75 Å². The zero-order valence-corrected chi connectivity index (χ0v) is 14.2. The summed E-state index contributed by atoms with van der Waals surface area (Å²) in [6.45, 7) is 5.31. The zero-order valence-electron chi connectivity index (χ0n) is 12.6. The van der Waals surface area contributed by atoms with E-state index in [0.717, 1.165) is 16.8 Å². The molecule has 0 bridgehead atoms. The molecule has 1 N–H and O–H groups in total. The van der Waals surface area contributed by atoms with Crippen molar-refractivity contribution in [3.63, 3.8) is 0 Å². The van der Waals surface area contributed by atoms with Crippen LogP contribution in [-0.2, 0) is 0 Å². The molecule has 1 aliphatic rings. The maximum Gasteiger partial charge on any atom is 0.124 e. The molecule has 0 radical (unpaired) electrons. The van der Waals surface area contributed by atoms with Gasteiger partial charge in [-0.2, -0.15) is 0 Å². The Balaban J connectivity index is 2.12. The second kappa shape index (κ2) is 8.04. The molecule has 1 aliphatic carbocycles. The number of ether oxygens (including phenoxy) is 1. The number of hydrogen-bond acceptors (Lipinski definition) is 2. The summed E-state index contributed by atoms with van der Waals surface area (Å²) < 4.78 is 7.44. The van der Waals surface area contributed by atoms with Crippen LogP contribution in [0.4, 0.5) is 0 Å². The molecule has 1 atom stereocenters. The van der Waals surface area contributed by atoms with Gasteiger partial charge in [0.1, 0.15) is 5.75 Å². The summed E-state index contributed by atoms with van der Waals surface area (Å²) in [7, 11) is 0. The van der Waals surface area contributed by atoms with Gasteiger partial charge in [0.05, 0.1) is 6.10 Å². The minimum atomic E-state index is 0.318. The molecule has 0 aromatic heterocycles. The van der Waals surface area contributed by atoms with Gasteiger partial charge in [-0.15, -0.1) is 0 Å². The van der Waals surface area contributed by atoms with Crippen molar-refractivity contribution in [3.05, 3.63) is 28.2 Å². The van der Waals surface area contributed by atoms with Crippen LogP contribution >= 0.6 is 15.9 Å². The lowest BCUT2D eigenvalue weighted by atomic mass is 10.1. The van der Waals surface area contributed by atoms with Crippen LogP contribution in [0, 0.1) is 0 Å². The van der Waals surface area contributed by atoms with Crippen molar-refractivity contribution in [2.75, 3.05) is 6.54 Å². The molecule has 112 valence electrons. The van der Waals surface area contributed by atoms with Gasteiger partial charge in [-0.25, -0.2) is 0 Å². The summed E-state index contributed by atoms with van der Waals surface area (Å²) in [5.74, 6) is 1.05. The summed E-state index contributed by atoms with van der Waals surface area (Å²) >= 11 is 3.57. The van der Waals surface area contributed by atoms with E-state index in [1.54, 1.807) is 0 Å². The quantitative estimate of drug-likeness (QED) is 0.742. The van der Waals surface area contributed by atoms with Crippen molar-refractivity contribution in [2.45, 2.75) is 64.5 Å². The van der Waals surface area contributed by atoms with E-state index in [2.05, 4.69) is 53.3 Å². The number of nitrogens with one attached hydrogen (secondary N) is 1. The predicted octanol–water partition coefficient (Wildman–Crippen LogP) is 5.22. The first-order valence-corrected chi connectivity index (χ1v) is 8.69. The minimum Gasteiger partial charge on any atom is -0.490 e. The van der Waals surface area contributed by atoms with Gasteiger partial charge in [0.15, 0.2) is 0 Å². The minimum absolute atomic E-state index is 0.318. The average molecular weight is 340 g/mol. The van der Waals surface area contributed by atoms with Gasteiger partial charge in [0.25, 0.3) is 0 Å². The third-order valence-electron chi connectivity index (χ3n) is 4.04. The Kier molecular flexibility index (Phi) is 6.37. The van der Waals surface area contributed by atoms with Gasteiger partial charge in [-0.05, 0) is 57.4 Å². The molecule has 1 saturated carbocycles. The van der Waals surface area contributed by atoms with Crippen LogP contribution in [0.1, 0.15) is 64.0 Å². The van der Waals surface area contributed by atoms with Crippen molar-refractivity contribution < 1.29 is 4.74 Å². The third-order valence-corrected chi connectivity index (χ3v) is 4.54. The smallest absolute Gasteiger partial charge is 0.124 e. The normalized spacial score (nSPS) is 18.6. The summed E-state index contributed by atoms with van der Waals surface area (Å²) in [6.07, 6.45) is 8.13. The lowest BCUT2D eigenvalue weighted by Gasteiger charge is -2.22. The molecule has 1 fully saturated rings. The predicted molar refractivity (Wildman–Crippen MR) is 88.4 cm³/mol. The highest BCUT2D eigenvalue weighted by Crippen LogP contribution is 2.31. The van der Waals surface area contributed by atoms with Crippen LogP contribution in [-0.4, -0.2) is 12.6 Å². The largest absolute Gasteiger partial charge is 0.490 e. The average Bonchev–Trinajstić information content (AvgIpc) is 2.69. The molecule has 2 rings (SSSR count). The van der Waals surface area contributed by atoms with Gasteiger partial charge < -0.3 is 10.1 Å². The number of rotatable bonds is 5. The standard InChI is InChI=1S/C17H26BrNO/c1-3-19-13(2)16-12-14(18)10-11-17(16)20-15-8-6-4-5-7-9-15/h10-13,15,19H,3-9H2,1-2H3. The monoisotopic (exact) mass is 339 g/mol. The van der Waals surface area contributed by atoms with Crippen molar-refractivity contribution in [1.82, 2.24) is 5.32 Å². The fourth-order valence-electron chi connectivity index (χ4n) is 2.92. The first-order chi connectivity index (χ1) is 9.70. The second-order valence-corrected chi connectivity index (χ2v) is 6.61. The molecular formula is C17H26BrNO. The molecule has 3 heteroatoms. The molecule has 0 spiro atoms. The number of benzene rings is 1. The second-order valence-electron chi connectivity index (χ2n) is 5.69. The molecule has 0 aliphatic heterocycles. The Morgan fingerprint density at radius 1 is 1.25 bits per heavy atom. The summed E-state index contributed by atoms with van der Waals surface area (Å²) in [4.78, 5) is 0. The van der Waals surface area contributed by atoms with E-state index in [9.17, 15) is 0 Å². The molecule has 1 unspecified atom stereocenters. The molecule has 20 heavy (non-hydrogen) atoms. The zero-order chi connectivity index (χ0) is 14.4. The van der Waals surface area contributed by atoms with E-state index in [4.69, 9.17) is 4.74 Å². The van der Waals surface area contributed by atoms with Crippen LogP contribution in [0.5, 0.6) is 5.75 Å². The van der Waals surface area contributed by atoms with E-state index in [-0.39, 0.29) is 0 Å². The van der Waals surface area contributed by atoms with Crippen molar-refractivity contribution in [1.29, 1.82) is 0 Å². The summed E-state index contributed by atoms with van der Waals surface area (Å²) in [6, 6.07) is 6.68. The lowest BCUT2D eigenvalue weighted by Crippen LogP contribution is -2.21. The van der Waals surface area contributed by atoms with Crippen molar-refractivity contribution in [2.24, 2.45) is 0 Å². The van der Waals surface area contributed by atoms with Gasteiger partial charge in [0.2, 0.25) is 0 Å². The number of hydrogen-bond donors (Lipinski definition) is 1. The molecular weight excluding hydrogens is 314 g/mol. The molecule has 0 amide bonds. The highest BCUT2D eigenvalue weighted by atomic mass is 79.9. The lowest BCUT2D eigenvalue weighted by molar-refractivity contribution is 0.181. The first kappa shape index (κ1) is 15.8. The van der Waals surface area contributed by atoms with Gasteiger partial charge >= 0.3 is 0 Å². The fraction of sp³-hybridized carbons (Fsp3) is 0.647. The molecule has 1 aromatic rings. The van der Waals surface area contributed by atoms with Gasteiger partial charge in [-0.3, -0.25) is 0 Å². The van der Waals surface area contributed by atoms with E-state index in [1.807, 2.05) is 0 Å². The molecule has 0 heterocycles. The Bertz CT molecular complexity index is 413. The maximum atomic E-state index is 6.33. The highest BCUT2D eigenvalue weighted by Gasteiger charge is 2.17. The van der Waals surface area contributed by atoms with E-state index < -0.39 is 0 Å². The Morgan fingerprint density at radius 3 is 2.60 bits per heavy atom. The molecule has 0 saturated heterocycles. The van der Waals surface area contributed by atoms with Gasteiger partial charge in [0, 0.05) is 16.1 Å². The van der Waals surface area contributed by atoms with E-state index >= 15 is 0 Å². The van der Waals surface area contributed by atoms with Crippen LogP contribution in [0.15, 0.2) is 22.7 Å². The maximum absolute atomic E-state index is 6.33. The van der Waals surface area contributed by atoms with E-state index in [0.29, 0.717) is 12.1 Å². The van der Waals surface area contributed by atoms with E-state index in [1.165, 1.54) is 44.1 Å². The first-order valence-electron chi connectivity index (χ1n) is 7.90. The molecule has 2 nitrogen and oxygen atoms in total. The van der Waals surface area contributed by atoms with Crippen LogP contribution in [0.2, 0.25) is 0 Å². The summed E-state index contributed by atoms with van der Waals surface area (Å²) in [5.41, 5.74) is 1.26. The van der Waals surface area contributed by atoms with Crippen molar-refractivity contribution >= 4 is 15.9 Å². The third kappa shape index (κ3) is 4.49. The number of halogens is 1. The Hall–Kier alpha value is -0.540. The Morgan fingerprint density at radius 2 is 1.95 bits per heavy atom. The highest BCUT2D eigenvalue weighted by molar-refractivity contribution is 9.10. The SMILES string of the molecule is CCNC(C)c1cc(Br)ccc1OC1CCCCCC1. The van der Waals surface area contributed by atoms with Crippen LogP contribution in [0.25, 0.3) is 0 Å². The topological polar surface area (TPSA) is 21.3 Å². The molecule has 1 aromatic carbocycles. The van der Waals surface area contributed by atoms with Crippen LogP contribution < -0.4 is 10.1 Å². The Labute approximate surface area is 131 Å². The summed E-state index contributed by atoms with van der Waals surface area (Å²) in [5, 5.41) is 3.48. The fourth-order valence-corrected chi connectivity index (χ4v) is 3.30. The van der Waals surface area contributed by atoms with Crippen LogP contribution in [0.3, 0.4) is 0 Å².